The zero-order valence-corrected chi connectivity index (χ0v) is 13.2. The van der Waals surface area contributed by atoms with E-state index in [0.717, 1.165) is 0 Å². The molecule has 0 aliphatic carbocycles. The summed E-state index contributed by atoms with van der Waals surface area (Å²) in [6.07, 6.45) is 0. The molecule has 0 N–H and O–H groups in total. The Hall–Kier alpha value is 1.14. The molecule has 0 aliphatic heterocycles. The molecule has 0 aromatic heterocycles. The average molecular weight is 660 g/mol. The normalized spacial score (nSPS) is 0.667. The number of halogens is 8. The Bertz CT molecular complexity index is 36.0. The summed E-state index contributed by atoms with van der Waals surface area (Å²) in [5.41, 5.74) is 0. The van der Waals surface area contributed by atoms with Crippen molar-refractivity contribution < 1.29 is 101 Å². The quantitative estimate of drug-likeness (QED) is 0.243. The maximum atomic E-state index is 8.58. The summed E-state index contributed by atoms with van der Waals surface area (Å²) in [5, 5.41) is 0. The van der Waals surface area contributed by atoms with Gasteiger partial charge in [-0.25, -0.2) is 0 Å². The second-order valence-electron chi connectivity index (χ2n) is 0.0833. The average Bonchev–Trinajstić information content (AvgIpc) is 0.918. The second-order valence-corrected chi connectivity index (χ2v) is 0.777. The van der Waals surface area contributed by atoms with Gasteiger partial charge in [0.25, 0.3) is 0 Å². The molecule has 12 heteroatoms. The van der Waals surface area contributed by atoms with Crippen LogP contribution in [0.4, 0.5) is 0 Å². The zero-order chi connectivity index (χ0) is 2.71. The first-order valence-electron chi connectivity index (χ1n) is 0.408. The van der Waals surface area contributed by atoms with Gasteiger partial charge < -0.3 is 37.6 Å². The van der Waals surface area contributed by atoms with E-state index < -0.39 is 27.8 Å². The minimum absolute atomic E-state index is 0. The van der Waals surface area contributed by atoms with Crippen LogP contribution in [0.1, 0.15) is 0 Å². The fraction of sp³-hybridized carbons (Fsp3) is 0. The van der Waals surface area contributed by atoms with Crippen LogP contribution in [0, 0.1) is 58.9 Å². The predicted molar refractivity (Wildman–Crippen MR) is 1.37 cm³/mol. The van der Waals surface area contributed by atoms with Crippen molar-refractivity contribution in [2.24, 2.45) is 0 Å². The van der Waals surface area contributed by atoms with E-state index in [9.17, 15) is 0 Å². The topological polar surface area (TPSA) is 34.1 Å². The molecule has 0 rings (SSSR count). The molecule has 0 aromatic rings. The van der Waals surface area contributed by atoms with Crippen molar-refractivity contribution in [3.05, 3.63) is 0 Å². The van der Waals surface area contributed by atoms with Crippen LogP contribution in [-0.2, 0) is 4.47 Å². The number of rotatable bonds is 0. The summed E-state index contributed by atoms with van der Waals surface area (Å²) in [4.78, 5) is 0. The molecule has 0 unspecified atom stereocenters. The fourth-order valence-electron chi connectivity index (χ4n) is 0. The van der Waals surface area contributed by atoms with Gasteiger partial charge in [-0.1, -0.05) is 0 Å². The summed E-state index contributed by atoms with van der Waals surface area (Å²) < 4.78 is 17.2. The second kappa shape index (κ2) is 328. The van der Waals surface area contributed by atoms with E-state index in [1.54, 1.807) is 0 Å². The summed E-state index contributed by atoms with van der Waals surface area (Å²) in [6.45, 7) is 0. The van der Waals surface area contributed by atoms with E-state index >= 15 is 0 Å². The van der Waals surface area contributed by atoms with E-state index in [-0.39, 0.29) is 68.7 Å². The molecule has 76 valence electrons. The van der Waals surface area contributed by atoms with Gasteiger partial charge in [-0.05, 0) is 0 Å². The molecule has 2 nitrogen and oxygen atoms in total. The molecule has 0 saturated heterocycles. The van der Waals surface area contributed by atoms with Crippen molar-refractivity contribution in [3.8, 4) is 0 Å². The summed E-state index contributed by atoms with van der Waals surface area (Å²) in [5.74, 6) is 0. The van der Waals surface area contributed by atoms with E-state index in [0.29, 0.717) is 0 Å². The summed E-state index contributed by atoms with van der Waals surface area (Å²) >= 11 is -2.51. The number of hydrogen-bond donors (Lipinski definition) is 0. The standard InChI is InChI=1S/8FH.2O.2U/h8*1H;;;;/q;;;;;;;;;;+2;+6/p-8. The third kappa shape index (κ3) is 876. The van der Waals surface area contributed by atoms with Crippen molar-refractivity contribution in [1.29, 1.82) is 0 Å². The molecule has 0 saturated carbocycles. The first-order valence-corrected chi connectivity index (χ1v) is 3.81. The molecule has 0 radical (unpaired) electrons. The Labute approximate surface area is 100 Å². The van der Waals surface area contributed by atoms with Crippen LogP contribution in [0.5, 0.6) is 0 Å². The molecule has 0 bridgehead atoms. The van der Waals surface area contributed by atoms with Crippen molar-refractivity contribution in [1.82, 2.24) is 0 Å². The maximum absolute atomic E-state index is 8.58. The van der Waals surface area contributed by atoms with Crippen LogP contribution >= 0.6 is 0 Å². The predicted octanol–water partition coefficient (Wildman–Crippen LogP) is -24.2. The zero-order valence-electron chi connectivity index (χ0n) is 4.84. The van der Waals surface area contributed by atoms with Crippen LogP contribution in [0.25, 0.3) is 0 Å². The van der Waals surface area contributed by atoms with Gasteiger partial charge >= 0.3 is 63.4 Å². The van der Waals surface area contributed by atoms with Crippen molar-refractivity contribution in [2.45, 2.75) is 0 Å². The van der Waals surface area contributed by atoms with Gasteiger partial charge in [0.05, 0.1) is 0 Å². The van der Waals surface area contributed by atoms with Crippen LogP contribution in [-0.4, -0.2) is 0 Å². The third-order valence-corrected chi connectivity index (χ3v) is 0. The summed E-state index contributed by atoms with van der Waals surface area (Å²) in [7, 11) is 0. The van der Waals surface area contributed by atoms with Crippen LogP contribution in [0.2, 0.25) is 0 Å². The van der Waals surface area contributed by atoms with E-state index in [1.165, 1.54) is 0 Å². The molecule has 12 heavy (non-hydrogen) atoms. The fourth-order valence-corrected chi connectivity index (χ4v) is 0. The van der Waals surface area contributed by atoms with E-state index in [1.807, 2.05) is 0 Å². The van der Waals surface area contributed by atoms with Gasteiger partial charge in [-0.3, -0.25) is 0 Å². The van der Waals surface area contributed by atoms with Crippen LogP contribution < -0.4 is 37.6 Å². The molecule has 0 fully saturated rings. The SMILES string of the molecule is [F-].[F-].[F-].[F-].[F-].[F-].[F-].[F-].[O]=[U+2]=[O].[U+6]. The minimum Gasteiger partial charge on any atom is 6.00 e. The molecular weight excluding hydrogens is 660 g/mol. The van der Waals surface area contributed by atoms with Crippen molar-refractivity contribution in [2.75, 3.05) is 0 Å². The molecule has 0 atom stereocenters. The van der Waals surface area contributed by atoms with Crippen molar-refractivity contribution >= 4 is 0 Å². The monoisotopic (exact) mass is 660 g/mol. The van der Waals surface area contributed by atoms with Crippen molar-refractivity contribution in [3.63, 3.8) is 0 Å². The Balaban J connectivity index is -0.000000000556. The molecular formula is F8O2U2. The molecule has 0 amide bonds. The maximum Gasteiger partial charge on any atom is 6.00 e. The molecule has 0 spiro atoms. The van der Waals surface area contributed by atoms with Gasteiger partial charge in [0, 0.05) is 0 Å². The van der Waals surface area contributed by atoms with Gasteiger partial charge in [-0.15, -0.1) is 0 Å². The smallest absolute Gasteiger partial charge is 6.00 e. The van der Waals surface area contributed by atoms with E-state index in [4.69, 9.17) is 4.47 Å². The number of hydrogen-bond acceptors (Lipinski definition) is 2. The first kappa shape index (κ1) is 196. The first-order chi connectivity index (χ1) is 1.41. The van der Waals surface area contributed by atoms with Gasteiger partial charge in [0.1, 0.15) is 0 Å². The Morgan fingerprint density at radius 1 is 0.500 bits per heavy atom. The van der Waals surface area contributed by atoms with Gasteiger partial charge in [0.2, 0.25) is 0 Å². The molecule has 0 aliphatic rings. The van der Waals surface area contributed by atoms with Crippen LogP contribution in [0.3, 0.4) is 0 Å². The van der Waals surface area contributed by atoms with Crippen LogP contribution in [0.15, 0.2) is 0 Å². The largest absolute Gasteiger partial charge is 6.00 e. The van der Waals surface area contributed by atoms with E-state index in [2.05, 4.69) is 0 Å². The Morgan fingerprint density at radius 3 is 0.500 bits per heavy atom. The summed E-state index contributed by atoms with van der Waals surface area (Å²) in [6, 6.07) is 0. The minimum atomic E-state index is -2.51. The molecule has 0 aromatic carbocycles. The van der Waals surface area contributed by atoms with Gasteiger partial charge in [0.15, 0.2) is 0 Å². The molecule has 0 heterocycles. The van der Waals surface area contributed by atoms with Gasteiger partial charge in [-0.2, -0.15) is 0 Å². The third-order valence-electron chi connectivity index (χ3n) is 0. The Morgan fingerprint density at radius 2 is 0.500 bits per heavy atom. The Kier molecular flexibility index (Phi) is 5360.